The second kappa shape index (κ2) is 45.9. The lowest BCUT2D eigenvalue weighted by atomic mass is 10.2. The van der Waals surface area contributed by atoms with Gasteiger partial charge in [0.15, 0.2) is 98.2 Å². The monoisotopic (exact) mass is 1060 g/mol. The molecule has 0 amide bonds. The summed E-state index contributed by atoms with van der Waals surface area (Å²) in [6, 6.07) is 38.1. The maximum Gasteiger partial charge on any atom is 0.210 e. The highest BCUT2D eigenvalue weighted by molar-refractivity contribution is 5.11. The summed E-state index contributed by atoms with van der Waals surface area (Å²) in [5.41, 5.74) is 5.29. The zero-order valence-electron chi connectivity index (χ0n) is 50.4. The smallest absolute Gasteiger partial charge is 0.210 e. The molecule has 0 saturated carbocycles. The minimum absolute atomic E-state index is 0.319. The van der Waals surface area contributed by atoms with E-state index in [2.05, 4.69) is 263 Å². The Morgan fingerprint density at radius 1 is 0.282 bits per heavy atom. The molecule has 10 heteroatoms. The number of pyridine rings is 8. The summed E-state index contributed by atoms with van der Waals surface area (Å²) in [6.45, 7) is 34.1. The Labute approximate surface area is 473 Å². The Morgan fingerprint density at radius 3 is 1.12 bits per heavy atom. The van der Waals surface area contributed by atoms with Gasteiger partial charge in [-0.3, -0.25) is 0 Å². The van der Waals surface area contributed by atoms with Crippen LogP contribution in [0.2, 0.25) is 0 Å². The molecule has 78 heavy (non-hydrogen) atoms. The Morgan fingerprint density at radius 2 is 0.705 bits per heavy atom. The molecule has 0 radical (unpaired) electrons. The van der Waals surface area contributed by atoms with E-state index in [1.165, 1.54) is 80.3 Å². The number of aryl methyl sites for hydroxylation is 12. The van der Waals surface area contributed by atoms with Crippen LogP contribution >= 0.6 is 0 Å². The summed E-state index contributed by atoms with van der Waals surface area (Å²) in [6.07, 6.45) is 41.1. The maximum absolute atomic E-state index is 8.92. The number of hydrogen-bond acceptors (Lipinski definition) is 2. The van der Waals surface area contributed by atoms with Crippen molar-refractivity contribution < 1.29 is 46.7 Å². The fraction of sp³-hybridized carbons (Fsp3) is 0.412. The van der Waals surface area contributed by atoms with E-state index in [4.69, 9.17) is 10.2 Å². The van der Waals surface area contributed by atoms with Gasteiger partial charge in [-0.05, 0) is 92.0 Å². The summed E-state index contributed by atoms with van der Waals surface area (Å²) in [5.74, 6) is 0.638. The van der Waals surface area contributed by atoms with E-state index < -0.39 is 0 Å². The van der Waals surface area contributed by atoms with E-state index in [0.717, 1.165) is 45.8 Å². The van der Waals surface area contributed by atoms with Crippen LogP contribution in [0.1, 0.15) is 129 Å². The fourth-order valence-electron chi connectivity index (χ4n) is 7.36. The van der Waals surface area contributed by atoms with E-state index in [-0.39, 0.29) is 0 Å². The Bertz CT molecular complexity index is 2540. The van der Waals surface area contributed by atoms with Crippen LogP contribution in [0, 0.1) is 27.7 Å². The maximum atomic E-state index is 8.92. The van der Waals surface area contributed by atoms with E-state index >= 15 is 0 Å². The second-order valence-electron chi connectivity index (χ2n) is 18.9. The van der Waals surface area contributed by atoms with E-state index in [0.29, 0.717) is 11.5 Å². The average Bonchev–Trinajstić information content (AvgIpc) is 3.47. The SMILES string of the molecule is CCCCCC[n+]1ccccc1.CCCCC[n+]1ccccc1.CCC[n+]1cccc(C)c1.CC[n+]1ccc(C)cc1.CC[n+]1ccc(O)cc1.CC[n+]1cccc(C)c1.CC[n+]1cccc(O)c1.CC[n+]1ccccc1C. The van der Waals surface area contributed by atoms with Crippen molar-refractivity contribution >= 4 is 0 Å². The first-order valence-electron chi connectivity index (χ1n) is 28.9. The van der Waals surface area contributed by atoms with Crippen molar-refractivity contribution in [2.24, 2.45) is 0 Å². The molecule has 8 aromatic rings. The Kier molecular flexibility index (Phi) is 40.5. The van der Waals surface area contributed by atoms with Gasteiger partial charge in [0, 0.05) is 116 Å². The molecule has 0 spiro atoms. The predicted octanol–water partition coefficient (Wildman–Crippen LogP) is 11.7. The third kappa shape index (κ3) is 35.9. The van der Waals surface area contributed by atoms with Crippen LogP contribution < -0.4 is 36.5 Å². The van der Waals surface area contributed by atoms with Gasteiger partial charge in [-0.2, -0.15) is 0 Å². The first-order chi connectivity index (χ1) is 37.8. The normalized spacial score (nSPS) is 9.69. The first kappa shape index (κ1) is 68.8. The van der Waals surface area contributed by atoms with E-state index in [9.17, 15) is 0 Å². The topological polar surface area (TPSA) is 71.5 Å². The number of rotatable bonds is 16. The van der Waals surface area contributed by atoms with Crippen molar-refractivity contribution in [3.63, 3.8) is 0 Å². The highest BCUT2D eigenvalue weighted by atomic mass is 16.3. The van der Waals surface area contributed by atoms with Gasteiger partial charge in [-0.25, -0.2) is 36.5 Å². The van der Waals surface area contributed by atoms with Crippen LogP contribution in [-0.4, -0.2) is 10.2 Å². The van der Waals surface area contributed by atoms with Crippen molar-refractivity contribution in [2.45, 2.75) is 187 Å². The molecule has 8 heterocycles. The molecule has 2 N–H and O–H groups in total. The van der Waals surface area contributed by atoms with Crippen LogP contribution in [-0.2, 0) is 52.4 Å². The molecule has 0 aliphatic rings. The highest BCUT2D eigenvalue weighted by Crippen LogP contribution is 2.01. The van der Waals surface area contributed by atoms with E-state index in [1.54, 1.807) is 24.4 Å². The molecule has 0 aliphatic heterocycles. The third-order valence-electron chi connectivity index (χ3n) is 12.1. The quantitative estimate of drug-likeness (QED) is 0.0748. The van der Waals surface area contributed by atoms with Crippen molar-refractivity contribution in [1.29, 1.82) is 0 Å². The van der Waals surface area contributed by atoms with Gasteiger partial charge in [-0.1, -0.05) is 58.2 Å². The van der Waals surface area contributed by atoms with Gasteiger partial charge in [0.2, 0.25) is 6.20 Å². The van der Waals surface area contributed by atoms with Gasteiger partial charge >= 0.3 is 0 Å². The number of nitrogens with zero attached hydrogens (tertiary/aromatic N) is 8. The van der Waals surface area contributed by atoms with Crippen molar-refractivity contribution in [3.8, 4) is 11.5 Å². The molecule has 420 valence electrons. The summed E-state index contributed by atoms with van der Waals surface area (Å²) in [7, 11) is 0. The van der Waals surface area contributed by atoms with Crippen molar-refractivity contribution in [2.75, 3.05) is 0 Å². The molecule has 0 atom stereocenters. The van der Waals surface area contributed by atoms with Gasteiger partial charge in [0.1, 0.15) is 58.1 Å². The Hall–Kier alpha value is -7.20. The molecule has 0 unspecified atom stereocenters. The largest absolute Gasteiger partial charge is 0.507 e. The minimum Gasteiger partial charge on any atom is -0.507 e. The van der Waals surface area contributed by atoms with Crippen LogP contribution in [0.25, 0.3) is 0 Å². The summed E-state index contributed by atoms with van der Waals surface area (Å²) in [5, 5.41) is 17.8. The summed E-state index contributed by atoms with van der Waals surface area (Å²) < 4.78 is 17.1. The van der Waals surface area contributed by atoms with Crippen molar-refractivity contribution in [3.05, 3.63) is 231 Å². The van der Waals surface area contributed by atoms with Gasteiger partial charge < -0.3 is 10.2 Å². The van der Waals surface area contributed by atoms with Gasteiger partial charge in [0.05, 0.1) is 0 Å². The Balaban J connectivity index is 0.000000447. The third-order valence-corrected chi connectivity index (χ3v) is 12.1. The van der Waals surface area contributed by atoms with Crippen LogP contribution in [0.15, 0.2) is 208 Å². The number of hydrogen-bond donors (Lipinski definition) is 2. The fourth-order valence-corrected chi connectivity index (χ4v) is 7.36. The van der Waals surface area contributed by atoms with Crippen molar-refractivity contribution in [1.82, 2.24) is 0 Å². The van der Waals surface area contributed by atoms with Crippen LogP contribution in [0.4, 0.5) is 0 Å². The number of unbranched alkanes of at least 4 members (excludes halogenated alkanes) is 5. The molecule has 0 fully saturated rings. The molecular weight excluding hydrogens is 961 g/mol. The molecule has 0 aliphatic carbocycles. The second-order valence-corrected chi connectivity index (χ2v) is 18.9. The summed E-state index contributed by atoms with van der Waals surface area (Å²) in [4.78, 5) is 0. The van der Waals surface area contributed by atoms with Crippen LogP contribution in [0.5, 0.6) is 11.5 Å². The molecule has 0 saturated heterocycles. The number of aromatic hydroxyl groups is 2. The molecule has 8 aromatic heterocycles. The number of aromatic nitrogens is 8. The van der Waals surface area contributed by atoms with Gasteiger partial charge in [-0.15, -0.1) is 0 Å². The van der Waals surface area contributed by atoms with Crippen LogP contribution in [0.3, 0.4) is 0 Å². The molecule has 0 bridgehead atoms. The predicted molar refractivity (Wildman–Crippen MR) is 318 cm³/mol. The lowest BCUT2D eigenvalue weighted by Crippen LogP contribution is -2.34. The summed E-state index contributed by atoms with van der Waals surface area (Å²) >= 11 is 0. The lowest BCUT2D eigenvalue weighted by molar-refractivity contribution is -0.699. The van der Waals surface area contributed by atoms with Gasteiger partial charge in [0.25, 0.3) is 0 Å². The standard InChI is InChI=1S/C11H18N.C10H16N.C9H14N.3C8H12N.2C7H9NO/c1-2-3-4-6-9-12-10-7-5-8-11-12;1-2-3-5-8-11-9-6-4-7-10-11;1-3-6-10-7-4-5-9(2)8-10;1-3-9-6-4-8(2)5-7-9;1-3-9-6-4-5-8(2)7-9;1-3-9-7-5-4-6-8(9)2;1-2-8-5-3-7(9)4-6-8;1-2-8-5-3-4-7(9)6-8/h5,7-8,10-11H,2-4,6,9H2,1H3;4,6-7,9-10H,2-3,5,8H2,1H3;4-5,7-8H,3,6H2,1-2H3;3*4-7H,3H2,1-2H3;2*3-6H,2H2,1H3/q6*+1;;/p+2. The highest BCUT2D eigenvalue weighted by Gasteiger charge is 2.00. The molecule has 8 rings (SSSR count). The van der Waals surface area contributed by atoms with E-state index in [1.807, 2.05) is 40.7 Å². The first-order valence-corrected chi connectivity index (χ1v) is 28.9. The zero-order chi connectivity index (χ0) is 57.4. The lowest BCUT2D eigenvalue weighted by Gasteiger charge is -1.95. The zero-order valence-corrected chi connectivity index (χ0v) is 50.4. The molecule has 0 aromatic carbocycles. The molecular formula is C68H104N8O2+8. The average molecular weight is 1070 g/mol. The molecule has 10 nitrogen and oxygen atoms in total. The minimum atomic E-state index is 0.319.